The van der Waals surface area contributed by atoms with E-state index in [1.54, 1.807) is 0 Å². The van der Waals surface area contributed by atoms with Crippen LogP contribution in [0.2, 0.25) is 0 Å². The fourth-order valence-corrected chi connectivity index (χ4v) is 5.58. The van der Waals surface area contributed by atoms with Crippen LogP contribution in [-0.4, -0.2) is 13.7 Å². The van der Waals surface area contributed by atoms with Crippen LogP contribution in [0.1, 0.15) is 0 Å². The van der Waals surface area contributed by atoms with Crippen LogP contribution in [0.15, 0.2) is 50.8 Å². The van der Waals surface area contributed by atoms with Gasteiger partial charge >= 0.3 is 17.1 Å². The van der Waals surface area contributed by atoms with E-state index in [2.05, 4.69) is 37.0 Å². The summed E-state index contributed by atoms with van der Waals surface area (Å²) >= 11 is 0. The minimum absolute atomic E-state index is 0.0390. The predicted octanol–water partition coefficient (Wildman–Crippen LogP) is 0.836. The highest BCUT2D eigenvalue weighted by Gasteiger charge is 2.27. The van der Waals surface area contributed by atoms with E-state index in [1.807, 2.05) is 0 Å². The van der Waals surface area contributed by atoms with Gasteiger partial charge in [0.1, 0.15) is 23.1 Å². The number of rotatable bonds is 3. The Morgan fingerprint density at radius 3 is 1.11 bits per heavy atom. The van der Waals surface area contributed by atoms with Gasteiger partial charge in [-0.1, -0.05) is 0 Å². The topological polar surface area (TPSA) is 66.0 Å². The zero-order valence-electron chi connectivity index (χ0n) is 17.7. The molecule has 0 N–H and O–H groups in total. The van der Waals surface area contributed by atoms with Crippen LogP contribution in [0.5, 0.6) is 0 Å². The van der Waals surface area contributed by atoms with Crippen molar-refractivity contribution in [3.8, 4) is 17.1 Å². The Hall–Kier alpha value is -2.56. The molecule has 0 bridgehead atoms. The molecule has 4 unspecified atom stereocenters. The lowest BCUT2D eigenvalue weighted by atomic mass is 10.2. The summed E-state index contributed by atoms with van der Waals surface area (Å²) in [4.78, 5) is 40.3. The summed E-state index contributed by atoms with van der Waals surface area (Å²) < 4.78 is 73.2. The van der Waals surface area contributed by atoms with Gasteiger partial charge in [-0.15, -0.1) is 37.0 Å². The smallest absolute Gasteiger partial charge is 0.246 e. The molecule has 186 valence electrons. The van der Waals surface area contributed by atoms with Gasteiger partial charge in [0.05, 0.1) is 11.4 Å². The number of halogens is 5. The first-order chi connectivity index (χ1) is 16.8. The fraction of sp³-hybridized carbons (Fsp3) is 0. The highest BCUT2D eigenvalue weighted by Crippen LogP contribution is 2.18. The van der Waals surface area contributed by atoms with E-state index in [9.17, 15) is 27.6 Å². The number of benzene rings is 3. The highest BCUT2D eigenvalue weighted by atomic mass is 31.0. The monoisotopic (exact) mass is 575 g/mol. The number of hydrogen-bond acceptors (Lipinski definition) is 3. The van der Waals surface area contributed by atoms with Crippen molar-refractivity contribution in [3.05, 3.63) is 96.9 Å². The molecule has 6 nitrogen and oxygen atoms in total. The van der Waals surface area contributed by atoms with Crippen molar-refractivity contribution in [3.63, 3.8) is 0 Å². The van der Waals surface area contributed by atoms with Crippen LogP contribution in [0, 0.1) is 29.1 Å². The zero-order valence-corrected chi connectivity index (χ0v) is 22.3. The van der Waals surface area contributed by atoms with Crippen LogP contribution >= 0.6 is 37.0 Å². The van der Waals surface area contributed by atoms with E-state index >= 15 is 8.78 Å². The summed E-state index contributed by atoms with van der Waals surface area (Å²) in [7, 11) is 8.61. The molecular weight excluding hydrogens is 561 g/mol. The van der Waals surface area contributed by atoms with Gasteiger partial charge in [-0.2, -0.15) is 0 Å². The third-order valence-electron chi connectivity index (χ3n) is 5.03. The van der Waals surface area contributed by atoms with Crippen molar-refractivity contribution in [2.45, 2.75) is 0 Å². The molecular formula is C21H14F5N3O3P4. The number of nitrogens with zero attached hydrogens (tertiary/aromatic N) is 3. The average molecular weight is 575 g/mol. The minimum Gasteiger partial charge on any atom is -0.246 e. The Labute approximate surface area is 208 Å². The molecule has 0 saturated carbocycles. The predicted molar refractivity (Wildman–Crippen MR) is 140 cm³/mol. The quantitative estimate of drug-likeness (QED) is 0.269. The van der Waals surface area contributed by atoms with E-state index in [1.165, 1.54) is 12.1 Å². The average Bonchev–Trinajstić information content (AvgIpc) is 2.73. The van der Waals surface area contributed by atoms with Crippen LogP contribution in [-0.2, 0) is 0 Å². The molecule has 15 heteroatoms. The third kappa shape index (κ3) is 4.39. The second kappa shape index (κ2) is 9.72. The molecule has 0 radical (unpaired) electrons. The summed E-state index contributed by atoms with van der Waals surface area (Å²) in [5.74, 6) is -6.88. The molecule has 4 rings (SSSR count). The van der Waals surface area contributed by atoms with Crippen LogP contribution in [0.3, 0.4) is 0 Å². The molecule has 1 aromatic heterocycles. The summed E-state index contributed by atoms with van der Waals surface area (Å²) in [6, 6.07) is 5.01. The van der Waals surface area contributed by atoms with Gasteiger partial charge in [-0.05, 0) is 45.5 Å². The molecule has 0 aliphatic heterocycles. The van der Waals surface area contributed by atoms with E-state index in [-0.39, 0.29) is 36.4 Å². The molecule has 4 aromatic rings. The maximum absolute atomic E-state index is 15.0. The largest absolute Gasteiger partial charge is 0.345 e. The van der Waals surface area contributed by atoms with Crippen molar-refractivity contribution >= 4 is 58.2 Å². The molecule has 0 fully saturated rings. The Kier molecular flexibility index (Phi) is 7.15. The molecule has 0 aliphatic carbocycles. The Morgan fingerprint density at radius 1 is 0.472 bits per heavy atom. The van der Waals surface area contributed by atoms with Gasteiger partial charge < -0.3 is 0 Å². The molecule has 0 spiro atoms. The lowest BCUT2D eigenvalue weighted by Gasteiger charge is -2.18. The molecule has 36 heavy (non-hydrogen) atoms. The SMILES string of the molecule is O=c1n(-c2c(F)cc(F)cc2F)c(=O)n(-c2c(F)cc(P)cc2P)c(=O)n1-c1c(F)cc(P)cc1P. The van der Waals surface area contributed by atoms with E-state index in [4.69, 9.17) is 0 Å². The molecule has 0 aliphatic rings. The molecule has 3 aromatic carbocycles. The van der Waals surface area contributed by atoms with Gasteiger partial charge in [-0.3, -0.25) is 0 Å². The van der Waals surface area contributed by atoms with Gasteiger partial charge in [-0.25, -0.2) is 50.0 Å². The third-order valence-corrected chi connectivity index (χ3v) is 6.58. The van der Waals surface area contributed by atoms with Crippen molar-refractivity contribution in [1.29, 1.82) is 0 Å². The first-order valence-corrected chi connectivity index (χ1v) is 12.0. The Bertz CT molecular complexity index is 1460. The standard InChI is InChI=1S/C21H14F5N3O3P4/c22-7-1-10(23)16(11(24)2-7)27-19(30)28(17-12(25)3-8(33)5-14(17)35)21(32)29(20(27)31)18-13(26)4-9(34)6-15(18)36/h1-6H,33-36H2. The summed E-state index contributed by atoms with van der Waals surface area (Å²) in [6.07, 6.45) is 0. The summed E-state index contributed by atoms with van der Waals surface area (Å²) in [6.45, 7) is 0. The molecule has 4 atom stereocenters. The van der Waals surface area contributed by atoms with E-state index < -0.39 is 63.2 Å². The summed E-state index contributed by atoms with van der Waals surface area (Å²) in [5.41, 5.74) is -7.52. The lowest BCUT2D eigenvalue weighted by molar-refractivity contribution is 0.517. The van der Waals surface area contributed by atoms with Gasteiger partial charge in [0.25, 0.3) is 0 Å². The van der Waals surface area contributed by atoms with Crippen molar-refractivity contribution in [2.75, 3.05) is 0 Å². The number of hydrogen-bond donors (Lipinski definition) is 0. The minimum atomic E-state index is -1.67. The normalized spacial score (nSPS) is 11.2. The van der Waals surface area contributed by atoms with Crippen molar-refractivity contribution in [1.82, 2.24) is 13.7 Å². The van der Waals surface area contributed by atoms with Crippen LogP contribution in [0.4, 0.5) is 22.0 Å². The zero-order chi connectivity index (χ0) is 26.6. The fourth-order valence-electron chi connectivity index (χ4n) is 3.62. The van der Waals surface area contributed by atoms with E-state index in [0.29, 0.717) is 10.6 Å². The maximum Gasteiger partial charge on any atom is 0.345 e. The number of aromatic nitrogens is 3. The van der Waals surface area contributed by atoms with Crippen LogP contribution in [0.25, 0.3) is 17.1 Å². The Balaban J connectivity index is 2.32. The second-order valence-electron chi connectivity index (χ2n) is 7.45. The Morgan fingerprint density at radius 2 is 0.778 bits per heavy atom. The highest BCUT2D eigenvalue weighted by molar-refractivity contribution is 7.30. The maximum atomic E-state index is 15.0. The summed E-state index contributed by atoms with van der Waals surface area (Å²) in [5, 5.41) is 0.575. The second-order valence-corrected chi connectivity index (χ2v) is 10.0. The molecule has 0 saturated heterocycles. The first kappa shape index (κ1) is 26.5. The molecule has 1 heterocycles. The van der Waals surface area contributed by atoms with E-state index in [0.717, 1.165) is 12.1 Å². The first-order valence-electron chi connectivity index (χ1n) is 9.69. The van der Waals surface area contributed by atoms with Crippen molar-refractivity contribution in [2.24, 2.45) is 0 Å². The van der Waals surface area contributed by atoms with Gasteiger partial charge in [0.2, 0.25) is 0 Å². The lowest BCUT2D eigenvalue weighted by Crippen LogP contribution is -2.55. The van der Waals surface area contributed by atoms with Crippen molar-refractivity contribution < 1.29 is 22.0 Å². The van der Waals surface area contributed by atoms with Gasteiger partial charge in [0.15, 0.2) is 11.6 Å². The van der Waals surface area contributed by atoms with Gasteiger partial charge in [0, 0.05) is 12.1 Å². The molecule has 0 amide bonds. The van der Waals surface area contributed by atoms with Crippen LogP contribution < -0.4 is 38.3 Å².